The van der Waals surface area contributed by atoms with Crippen LogP contribution in [0.3, 0.4) is 0 Å². The van der Waals surface area contributed by atoms with Gasteiger partial charge in [0, 0.05) is 18.0 Å². The standard InChI is InChI=1S/C14H23NO2S2Si/c1-4-20(5-2,6-3)17-12-11-15-18-13-9-7-8-10-14(13)19(15)16/h7-10H,4-6,11-12H2,1-3H3. The summed E-state index contributed by atoms with van der Waals surface area (Å²) in [5, 5.41) is 0. The van der Waals surface area contributed by atoms with Crippen LogP contribution in [0.25, 0.3) is 0 Å². The third-order valence-electron chi connectivity index (χ3n) is 4.04. The molecule has 1 unspecified atom stereocenters. The van der Waals surface area contributed by atoms with Crippen molar-refractivity contribution in [2.45, 2.75) is 48.7 Å². The fourth-order valence-electron chi connectivity index (χ4n) is 2.44. The van der Waals surface area contributed by atoms with E-state index in [1.54, 1.807) is 11.9 Å². The molecule has 0 fully saturated rings. The van der Waals surface area contributed by atoms with E-state index in [9.17, 15) is 4.21 Å². The number of rotatable bonds is 7. The van der Waals surface area contributed by atoms with Crippen LogP contribution in [0.15, 0.2) is 34.1 Å². The van der Waals surface area contributed by atoms with E-state index in [1.807, 2.05) is 28.0 Å². The summed E-state index contributed by atoms with van der Waals surface area (Å²) in [5.74, 6) is 0. The predicted octanol–water partition coefficient (Wildman–Crippen LogP) is 4.05. The highest BCUT2D eigenvalue weighted by atomic mass is 32.2. The number of fused-ring (bicyclic) bond motifs is 1. The van der Waals surface area contributed by atoms with Crippen LogP contribution in [-0.2, 0) is 15.4 Å². The van der Waals surface area contributed by atoms with Gasteiger partial charge in [0.15, 0.2) is 8.32 Å². The Kier molecular flexibility index (Phi) is 5.86. The van der Waals surface area contributed by atoms with Crippen LogP contribution in [0.5, 0.6) is 0 Å². The summed E-state index contributed by atoms with van der Waals surface area (Å²) in [7, 11) is -2.56. The Morgan fingerprint density at radius 1 is 1.20 bits per heavy atom. The maximum Gasteiger partial charge on any atom is 0.192 e. The van der Waals surface area contributed by atoms with Gasteiger partial charge in [0.1, 0.15) is 11.0 Å². The van der Waals surface area contributed by atoms with Crippen molar-refractivity contribution in [1.82, 2.24) is 3.71 Å². The molecule has 0 saturated heterocycles. The maximum atomic E-state index is 12.3. The molecule has 0 aromatic heterocycles. The van der Waals surface area contributed by atoms with E-state index in [-0.39, 0.29) is 0 Å². The summed E-state index contributed by atoms with van der Waals surface area (Å²) < 4.78 is 20.5. The number of hydrogen-bond donors (Lipinski definition) is 0. The van der Waals surface area contributed by atoms with Crippen LogP contribution in [0.2, 0.25) is 18.1 Å². The molecule has 1 atom stereocenters. The Morgan fingerprint density at radius 2 is 1.85 bits per heavy atom. The fourth-order valence-corrected chi connectivity index (χ4v) is 7.74. The highest BCUT2D eigenvalue weighted by Gasteiger charge is 2.31. The topological polar surface area (TPSA) is 29.5 Å². The molecule has 0 bridgehead atoms. The Morgan fingerprint density at radius 3 is 2.45 bits per heavy atom. The largest absolute Gasteiger partial charge is 0.415 e. The van der Waals surface area contributed by atoms with Crippen LogP contribution >= 0.6 is 11.9 Å². The first-order valence-electron chi connectivity index (χ1n) is 7.26. The monoisotopic (exact) mass is 329 g/mol. The van der Waals surface area contributed by atoms with Gasteiger partial charge in [-0.05, 0) is 42.2 Å². The molecule has 20 heavy (non-hydrogen) atoms. The molecule has 1 aromatic carbocycles. The van der Waals surface area contributed by atoms with Gasteiger partial charge in [0.05, 0.1) is 4.90 Å². The molecule has 1 aromatic rings. The lowest BCUT2D eigenvalue weighted by Gasteiger charge is -2.28. The maximum absolute atomic E-state index is 12.3. The molecule has 1 aliphatic rings. The molecule has 112 valence electrons. The van der Waals surface area contributed by atoms with E-state index in [0.29, 0.717) is 6.61 Å². The van der Waals surface area contributed by atoms with Gasteiger partial charge < -0.3 is 4.43 Å². The molecule has 0 aliphatic carbocycles. The van der Waals surface area contributed by atoms with E-state index >= 15 is 0 Å². The lowest BCUT2D eigenvalue weighted by Crippen LogP contribution is -2.38. The second-order valence-electron chi connectivity index (χ2n) is 4.94. The molecule has 1 aliphatic heterocycles. The molecule has 0 spiro atoms. The third kappa shape index (κ3) is 3.36. The van der Waals surface area contributed by atoms with Crippen molar-refractivity contribution >= 4 is 31.3 Å². The summed E-state index contributed by atoms with van der Waals surface area (Å²) in [6, 6.07) is 11.4. The third-order valence-corrected chi connectivity index (χ3v) is 11.7. The lowest BCUT2D eigenvalue weighted by atomic mass is 10.4. The molecule has 0 amide bonds. The van der Waals surface area contributed by atoms with E-state index in [0.717, 1.165) is 34.5 Å². The zero-order chi connectivity index (χ0) is 14.6. The first-order chi connectivity index (χ1) is 9.65. The average molecular weight is 330 g/mol. The SMILES string of the molecule is CC[Si](CC)(CC)OCCN1Sc2ccccc2S1=O. The van der Waals surface area contributed by atoms with Crippen molar-refractivity contribution < 1.29 is 8.63 Å². The number of hydrogen-bond acceptors (Lipinski definition) is 3. The van der Waals surface area contributed by atoms with E-state index < -0.39 is 19.3 Å². The summed E-state index contributed by atoms with van der Waals surface area (Å²) in [4.78, 5) is 2.04. The summed E-state index contributed by atoms with van der Waals surface area (Å²) in [6.45, 7) is 8.11. The first-order valence-corrected chi connectivity index (χ1v) is 11.7. The quantitative estimate of drug-likeness (QED) is 0.558. The van der Waals surface area contributed by atoms with Gasteiger partial charge in [-0.1, -0.05) is 32.9 Å². The molecule has 0 radical (unpaired) electrons. The van der Waals surface area contributed by atoms with Crippen LogP contribution < -0.4 is 0 Å². The number of nitrogens with zero attached hydrogens (tertiary/aromatic N) is 1. The van der Waals surface area contributed by atoms with Gasteiger partial charge in [-0.2, -0.15) is 3.71 Å². The summed E-state index contributed by atoms with van der Waals surface area (Å²) >= 11 is 1.59. The minimum atomic E-state index is -1.53. The minimum absolute atomic E-state index is 0.689. The van der Waals surface area contributed by atoms with E-state index in [4.69, 9.17) is 4.43 Å². The van der Waals surface area contributed by atoms with E-state index in [1.165, 1.54) is 0 Å². The summed E-state index contributed by atoms with van der Waals surface area (Å²) in [6.07, 6.45) is 0. The van der Waals surface area contributed by atoms with Crippen molar-refractivity contribution in [3.05, 3.63) is 24.3 Å². The Labute approximate surface area is 129 Å². The van der Waals surface area contributed by atoms with Crippen molar-refractivity contribution in [1.29, 1.82) is 0 Å². The molecular formula is C14H23NO2S2Si. The van der Waals surface area contributed by atoms with Gasteiger partial charge in [0.2, 0.25) is 0 Å². The fraction of sp³-hybridized carbons (Fsp3) is 0.571. The zero-order valence-electron chi connectivity index (χ0n) is 12.4. The van der Waals surface area contributed by atoms with Crippen LogP contribution in [0.1, 0.15) is 20.8 Å². The molecule has 0 saturated carbocycles. The zero-order valence-corrected chi connectivity index (χ0v) is 15.1. The Hall–Kier alpha value is -0.143. The molecular weight excluding hydrogens is 306 g/mol. The number of benzene rings is 1. The van der Waals surface area contributed by atoms with Gasteiger partial charge >= 0.3 is 0 Å². The highest BCUT2D eigenvalue weighted by Crippen LogP contribution is 2.38. The van der Waals surface area contributed by atoms with Crippen LogP contribution in [0, 0.1) is 0 Å². The second kappa shape index (κ2) is 7.22. The van der Waals surface area contributed by atoms with Crippen molar-refractivity contribution in [3.63, 3.8) is 0 Å². The van der Waals surface area contributed by atoms with Gasteiger partial charge in [-0.3, -0.25) is 0 Å². The minimum Gasteiger partial charge on any atom is -0.415 e. The smallest absolute Gasteiger partial charge is 0.192 e. The van der Waals surface area contributed by atoms with E-state index in [2.05, 4.69) is 20.8 Å². The van der Waals surface area contributed by atoms with Crippen LogP contribution in [0.4, 0.5) is 0 Å². The Bertz CT molecular complexity index is 472. The van der Waals surface area contributed by atoms with Crippen molar-refractivity contribution in [2.24, 2.45) is 0 Å². The summed E-state index contributed by atoms with van der Waals surface area (Å²) in [5.41, 5.74) is 0. The average Bonchev–Trinajstić information content (AvgIpc) is 2.81. The molecule has 3 nitrogen and oxygen atoms in total. The van der Waals surface area contributed by atoms with Gasteiger partial charge in [-0.15, -0.1) is 0 Å². The molecule has 0 N–H and O–H groups in total. The van der Waals surface area contributed by atoms with Crippen molar-refractivity contribution in [2.75, 3.05) is 13.2 Å². The van der Waals surface area contributed by atoms with Gasteiger partial charge in [-0.25, -0.2) is 4.21 Å². The predicted molar refractivity (Wildman–Crippen MR) is 88.6 cm³/mol. The second-order valence-corrected chi connectivity index (χ2v) is 12.4. The Balaban J connectivity index is 1.89. The molecule has 6 heteroatoms. The van der Waals surface area contributed by atoms with Crippen molar-refractivity contribution in [3.8, 4) is 0 Å². The lowest BCUT2D eigenvalue weighted by molar-refractivity contribution is 0.292. The first kappa shape index (κ1) is 16.2. The normalized spacial score (nSPS) is 19.2. The van der Waals surface area contributed by atoms with Gasteiger partial charge in [0.25, 0.3) is 0 Å². The molecule has 1 heterocycles. The highest BCUT2D eigenvalue weighted by molar-refractivity contribution is 8.08. The van der Waals surface area contributed by atoms with Crippen LogP contribution in [-0.4, -0.2) is 29.4 Å². The molecule has 2 rings (SSSR count).